The van der Waals surface area contributed by atoms with Crippen LogP contribution in [-0.4, -0.2) is 44.3 Å². The molecule has 39 heavy (non-hydrogen) atoms. The monoisotopic (exact) mass is 609 g/mol. The van der Waals surface area contributed by atoms with Crippen molar-refractivity contribution in [2.24, 2.45) is 0 Å². The summed E-state index contributed by atoms with van der Waals surface area (Å²) in [5.74, 6) is -0.917. The molecule has 0 unspecified atom stereocenters. The number of carbonyl (C=O) groups is 2. The molecule has 0 heterocycles. The molecule has 3 aromatic rings. The molecule has 0 aliphatic heterocycles. The summed E-state index contributed by atoms with van der Waals surface area (Å²) in [6.07, 6.45) is 1.69. The van der Waals surface area contributed by atoms with Gasteiger partial charge in [-0.25, -0.2) is 8.42 Å². The number of nitrogens with one attached hydrogen (secondary N) is 1. The second kappa shape index (κ2) is 14.0. The predicted octanol–water partition coefficient (Wildman–Crippen LogP) is 6.18. The van der Waals surface area contributed by atoms with Crippen molar-refractivity contribution in [2.75, 3.05) is 17.4 Å². The topological polar surface area (TPSA) is 86.8 Å². The molecule has 7 nitrogen and oxygen atoms in total. The lowest BCUT2D eigenvalue weighted by molar-refractivity contribution is -0.139. The Kier molecular flexibility index (Phi) is 11.1. The average Bonchev–Trinajstić information content (AvgIpc) is 2.90. The first-order valence-corrected chi connectivity index (χ1v) is 15.0. The number of nitrogens with zero attached hydrogens (tertiary/aromatic N) is 2. The molecule has 0 saturated carbocycles. The van der Waals surface area contributed by atoms with E-state index in [1.807, 2.05) is 6.92 Å². The van der Waals surface area contributed by atoms with Crippen molar-refractivity contribution >= 4 is 62.3 Å². The van der Waals surface area contributed by atoms with Crippen molar-refractivity contribution in [1.29, 1.82) is 0 Å². The van der Waals surface area contributed by atoms with Gasteiger partial charge in [0.1, 0.15) is 12.6 Å². The highest BCUT2D eigenvalue weighted by atomic mass is 35.5. The van der Waals surface area contributed by atoms with Gasteiger partial charge in [0.15, 0.2) is 0 Å². The van der Waals surface area contributed by atoms with Crippen LogP contribution < -0.4 is 9.62 Å². The molecule has 2 amide bonds. The Labute approximate surface area is 244 Å². The maximum atomic E-state index is 13.9. The average molecular weight is 611 g/mol. The Hall–Kier alpha value is -2.78. The van der Waals surface area contributed by atoms with Crippen LogP contribution in [0.3, 0.4) is 0 Å². The number of anilines is 1. The SMILES string of the molecule is CCCCNC(=O)[C@H](C)N(Cc1cccc(Cl)c1)C(=O)CN(c1cccc(Cl)c1)S(=O)(=O)c1ccc(Cl)cc1. The standard InChI is InChI=1S/C28H30Cl3N3O4S/c1-3-4-15-32-28(36)20(2)33(18-21-7-5-8-23(30)16-21)27(35)19-34(25-10-6-9-24(31)17-25)39(37,38)26-13-11-22(29)12-14-26/h5-14,16-17,20H,3-4,15,18-19H2,1-2H3,(H,32,36)/t20-/m0/s1. The zero-order valence-electron chi connectivity index (χ0n) is 21.6. The fraction of sp³-hybridized carbons (Fsp3) is 0.286. The molecule has 3 aromatic carbocycles. The van der Waals surface area contributed by atoms with E-state index in [2.05, 4.69) is 5.32 Å². The van der Waals surface area contributed by atoms with E-state index >= 15 is 0 Å². The number of sulfonamides is 1. The Bertz CT molecular complexity index is 1400. The van der Waals surface area contributed by atoms with Gasteiger partial charge in [-0.15, -0.1) is 0 Å². The van der Waals surface area contributed by atoms with Crippen LogP contribution in [0.4, 0.5) is 5.69 Å². The Morgan fingerprint density at radius 3 is 2.15 bits per heavy atom. The third-order valence-electron chi connectivity index (χ3n) is 6.02. The lowest BCUT2D eigenvalue weighted by Gasteiger charge is -2.32. The van der Waals surface area contributed by atoms with Crippen LogP contribution in [0.25, 0.3) is 0 Å². The zero-order valence-corrected chi connectivity index (χ0v) is 24.7. The number of unbranched alkanes of at least 4 members (excludes halogenated alkanes) is 1. The van der Waals surface area contributed by atoms with E-state index in [0.29, 0.717) is 27.2 Å². The first-order chi connectivity index (χ1) is 18.5. The van der Waals surface area contributed by atoms with Crippen molar-refractivity contribution in [3.05, 3.63) is 93.4 Å². The smallest absolute Gasteiger partial charge is 0.264 e. The first-order valence-electron chi connectivity index (χ1n) is 12.4. The summed E-state index contributed by atoms with van der Waals surface area (Å²) in [7, 11) is -4.21. The van der Waals surface area contributed by atoms with E-state index < -0.39 is 28.5 Å². The highest BCUT2D eigenvalue weighted by molar-refractivity contribution is 7.92. The Balaban J connectivity index is 2.00. The van der Waals surface area contributed by atoms with Crippen LogP contribution in [0.5, 0.6) is 0 Å². The normalized spacial score (nSPS) is 12.0. The van der Waals surface area contributed by atoms with E-state index in [1.165, 1.54) is 35.2 Å². The summed E-state index contributed by atoms with van der Waals surface area (Å²) in [6, 6.07) is 17.9. The van der Waals surface area contributed by atoms with E-state index in [9.17, 15) is 18.0 Å². The molecule has 0 fully saturated rings. The summed E-state index contributed by atoms with van der Waals surface area (Å²) in [5.41, 5.74) is 0.896. The molecule has 1 N–H and O–H groups in total. The summed E-state index contributed by atoms with van der Waals surface area (Å²) in [4.78, 5) is 28.1. The van der Waals surface area contributed by atoms with E-state index in [-0.39, 0.29) is 23.0 Å². The van der Waals surface area contributed by atoms with Gasteiger partial charge in [0, 0.05) is 28.2 Å². The number of hydrogen-bond acceptors (Lipinski definition) is 4. The maximum absolute atomic E-state index is 13.9. The van der Waals surface area contributed by atoms with Gasteiger partial charge >= 0.3 is 0 Å². The highest BCUT2D eigenvalue weighted by Crippen LogP contribution is 2.27. The molecule has 208 valence electrons. The summed E-state index contributed by atoms with van der Waals surface area (Å²) >= 11 is 18.3. The van der Waals surface area contributed by atoms with Crippen LogP contribution in [0.2, 0.25) is 15.1 Å². The van der Waals surface area contributed by atoms with Crippen LogP contribution >= 0.6 is 34.8 Å². The van der Waals surface area contributed by atoms with Crippen molar-refractivity contribution in [2.45, 2.75) is 44.2 Å². The molecular formula is C28H30Cl3N3O4S. The molecule has 0 radical (unpaired) electrons. The molecule has 0 saturated heterocycles. The number of hydrogen-bond donors (Lipinski definition) is 1. The largest absolute Gasteiger partial charge is 0.354 e. The van der Waals surface area contributed by atoms with Crippen molar-refractivity contribution in [3.8, 4) is 0 Å². The minimum Gasteiger partial charge on any atom is -0.354 e. The number of carbonyl (C=O) groups excluding carboxylic acids is 2. The summed E-state index contributed by atoms with van der Waals surface area (Å²) in [6.45, 7) is 3.57. The third-order valence-corrected chi connectivity index (χ3v) is 8.53. The summed E-state index contributed by atoms with van der Waals surface area (Å²) < 4.78 is 28.5. The lowest BCUT2D eigenvalue weighted by Crippen LogP contribution is -2.51. The molecular weight excluding hydrogens is 581 g/mol. The van der Waals surface area contributed by atoms with Crippen molar-refractivity contribution < 1.29 is 18.0 Å². The van der Waals surface area contributed by atoms with Crippen LogP contribution in [0.1, 0.15) is 32.3 Å². The number of rotatable bonds is 12. The van der Waals surface area contributed by atoms with Crippen molar-refractivity contribution in [3.63, 3.8) is 0 Å². The zero-order chi connectivity index (χ0) is 28.6. The number of amides is 2. The molecule has 0 aliphatic rings. The number of benzene rings is 3. The molecule has 0 spiro atoms. The van der Waals surface area contributed by atoms with Gasteiger partial charge in [0.2, 0.25) is 11.8 Å². The van der Waals surface area contributed by atoms with E-state index in [0.717, 1.165) is 17.1 Å². The highest BCUT2D eigenvalue weighted by Gasteiger charge is 2.32. The maximum Gasteiger partial charge on any atom is 0.264 e. The third kappa shape index (κ3) is 8.35. The first kappa shape index (κ1) is 30.8. The lowest BCUT2D eigenvalue weighted by atomic mass is 10.1. The van der Waals surface area contributed by atoms with E-state index in [1.54, 1.807) is 49.4 Å². The Morgan fingerprint density at radius 1 is 0.897 bits per heavy atom. The quantitative estimate of drug-likeness (QED) is 0.248. The second-order valence-corrected chi connectivity index (χ2v) is 12.1. The molecule has 3 rings (SSSR count). The van der Waals surface area contributed by atoms with Gasteiger partial charge in [0.25, 0.3) is 10.0 Å². The van der Waals surface area contributed by atoms with Crippen LogP contribution in [0, 0.1) is 0 Å². The predicted molar refractivity (Wildman–Crippen MR) is 157 cm³/mol. The Morgan fingerprint density at radius 2 is 1.54 bits per heavy atom. The minimum absolute atomic E-state index is 0.0478. The van der Waals surface area contributed by atoms with Crippen molar-refractivity contribution in [1.82, 2.24) is 10.2 Å². The van der Waals surface area contributed by atoms with Crippen LogP contribution in [0.15, 0.2) is 77.7 Å². The van der Waals surface area contributed by atoms with Gasteiger partial charge in [-0.1, -0.05) is 66.3 Å². The van der Waals surface area contributed by atoms with Gasteiger partial charge in [-0.3, -0.25) is 13.9 Å². The van der Waals surface area contributed by atoms with Gasteiger partial charge < -0.3 is 10.2 Å². The molecule has 0 bridgehead atoms. The van der Waals surface area contributed by atoms with Gasteiger partial charge in [0.05, 0.1) is 10.6 Å². The molecule has 11 heteroatoms. The molecule has 1 atom stereocenters. The van der Waals surface area contributed by atoms with E-state index in [4.69, 9.17) is 34.8 Å². The fourth-order valence-electron chi connectivity index (χ4n) is 3.84. The summed E-state index contributed by atoms with van der Waals surface area (Å²) in [5, 5.41) is 4.00. The number of halogens is 3. The molecule has 0 aliphatic carbocycles. The minimum atomic E-state index is -4.21. The fourth-order valence-corrected chi connectivity index (χ4v) is 5.77. The van der Waals surface area contributed by atoms with Crippen LogP contribution in [-0.2, 0) is 26.2 Å². The second-order valence-electron chi connectivity index (χ2n) is 8.92. The molecule has 0 aromatic heterocycles. The van der Waals surface area contributed by atoms with Gasteiger partial charge in [-0.2, -0.15) is 0 Å². The van der Waals surface area contributed by atoms with Gasteiger partial charge in [-0.05, 0) is 73.5 Å².